The van der Waals surface area contributed by atoms with Crippen molar-refractivity contribution in [1.29, 1.82) is 0 Å². The Hall–Kier alpha value is -3.41. The third-order valence-electron chi connectivity index (χ3n) is 4.41. The van der Waals surface area contributed by atoms with Crippen LogP contribution in [0.25, 0.3) is 11.3 Å². The van der Waals surface area contributed by atoms with Gasteiger partial charge in [0, 0.05) is 35.6 Å². The number of hydrogen-bond acceptors (Lipinski definition) is 4. The zero-order valence-electron chi connectivity index (χ0n) is 13.9. The van der Waals surface area contributed by atoms with Gasteiger partial charge in [0.2, 0.25) is 0 Å². The number of aromatic amines is 1. The van der Waals surface area contributed by atoms with Gasteiger partial charge in [0.15, 0.2) is 0 Å². The number of ether oxygens (including phenoxy) is 1. The van der Waals surface area contributed by atoms with Crippen molar-refractivity contribution in [2.45, 2.75) is 12.5 Å². The monoisotopic (exact) mass is 347 g/mol. The Morgan fingerprint density at radius 1 is 1.12 bits per heavy atom. The average molecular weight is 347 g/mol. The van der Waals surface area contributed by atoms with Crippen LogP contribution in [0, 0.1) is 0 Å². The molecule has 0 saturated carbocycles. The van der Waals surface area contributed by atoms with E-state index in [-0.39, 0.29) is 11.6 Å². The van der Waals surface area contributed by atoms with Gasteiger partial charge < -0.3 is 15.0 Å². The second kappa shape index (κ2) is 6.84. The van der Waals surface area contributed by atoms with Crippen LogP contribution in [0.3, 0.4) is 0 Å². The van der Waals surface area contributed by atoms with Crippen molar-refractivity contribution in [3.05, 3.63) is 82.4 Å². The minimum atomic E-state index is -0.419. The maximum atomic E-state index is 12.6. The molecule has 3 aromatic rings. The van der Waals surface area contributed by atoms with Gasteiger partial charge in [0.25, 0.3) is 11.5 Å². The Balaban J connectivity index is 1.57. The summed E-state index contributed by atoms with van der Waals surface area (Å²) in [6, 6.07) is 14.3. The normalized spacial score (nSPS) is 15.6. The maximum absolute atomic E-state index is 12.6. The van der Waals surface area contributed by atoms with E-state index in [0.29, 0.717) is 18.7 Å². The third-order valence-corrected chi connectivity index (χ3v) is 4.41. The summed E-state index contributed by atoms with van der Waals surface area (Å²) in [6.07, 6.45) is 3.96. The Morgan fingerprint density at radius 3 is 2.73 bits per heavy atom. The van der Waals surface area contributed by atoms with Gasteiger partial charge in [-0.15, -0.1) is 0 Å². The lowest BCUT2D eigenvalue weighted by Crippen LogP contribution is -2.35. The quantitative estimate of drug-likeness (QED) is 0.763. The summed E-state index contributed by atoms with van der Waals surface area (Å²) < 4.78 is 5.61. The molecule has 2 N–H and O–H groups in total. The van der Waals surface area contributed by atoms with Gasteiger partial charge in [-0.1, -0.05) is 18.2 Å². The van der Waals surface area contributed by atoms with Gasteiger partial charge in [-0.25, -0.2) is 0 Å². The number of rotatable bonds is 3. The van der Waals surface area contributed by atoms with Crippen molar-refractivity contribution in [3.63, 3.8) is 0 Å². The fourth-order valence-corrected chi connectivity index (χ4v) is 3.08. The molecule has 2 aromatic heterocycles. The molecule has 0 spiro atoms. The Kier molecular flexibility index (Phi) is 4.23. The number of carbonyl (C=O) groups is 1. The smallest absolute Gasteiger partial charge is 0.261 e. The molecule has 3 heterocycles. The van der Waals surface area contributed by atoms with Crippen molar-refractivity contribution in [1.82, 2.24) is 15.3 Å². The summed E-state index contributed by atoms with van der Waals surface area (Å²) in [7, 11) is 0. The number of benzene rings is 1. The molecule has 1 aromatic carbocycles. The zero-order valence-corrected chi connectivity index (χ0v) is 13.9. The first-order chi connectivity index (χ1) is 12.7. The highest BCUT2D eigenvalue weighted by atomic mass is 16.5. The van der Waals surface area contributed by atoms with Crippen molar-refractivity contribution in [2.75, 3.05) is 6.61 Å². The fourth-order valence-electron chi connectivity index (χ4n) is 3.08. The first-order valence-corrected chi connectivity index (χ1v) is 8.39. The van der Waals surface area contributed by atoms with E-state index in [1.807, 2.05) is 24.3 Å². The van der Waals surface area contributed by atoms with Crippen LogP contribution in [-0.4, -0.2) is 22.5 Å². The van der Waals surface area contributed by atoms with Crippen molar-refractivity contribution >= 4 is 5.91 Å². The first-order valence-electron chi connectivity index (χ1n) is 8.39. The molecule has 0 bridgehead atoms. The highest BCUT2D eigenvalue weighted by Gasteiger charge is 2.24. The number of carbonyl (C=O) groups excluding carboxylic acids is 1. The number of para-hydroxylation sites is 1. The average Bonchev–Trinajstić information content (AvgIpc) is 2.69. The number of amides is 1. The summed E-state index contributed by atoms with van der Waals surface area (Å²) in [5.74, 6) is 0.375. The highest BCUT2D eigenvalue weighted by Crippen LogP contribution is 2.31. The van der Waals surface area contributed by atoms with Gasteiger partial charge in [-0.2, -0.15) is 0 Å². The van der Waals surface area contributed by atoms with Crippen LogP contribution in [0.2, 0.25) is 0 Å². The lowest BCUT2D eigenvalue weighted by atomic mass is 10.00. The summed E-state index contributed by atoms with van der Waals surface area (Å²) in [4.78, 5) is 31.7. The molecule has 0 saturated heterocycles. The Bertz CT molecular complexity index is 998. The number of hydrogen-bond donors (Lipinski definition) is 2. The number of fused-ring (bicyclic) bond motifs is 1. The second-order valence-corrected chi connectivity index (χ2v) is 6.05. The van der Waals surface area contributed by atoms with E-state index in [2.05, 4.69) is 15.3 Å². The zero-order chi connectivity index (χ0) is 17.9. The molecule has 4 rings (SSSR count). The molecular weight excluding hydrogens is 330 g/mol. The summed E-state index contributed by atoms with van der Waals surface area (Å²) in [6.45, 7) is 0.527. The van der Waals surface area contributed by atoms with Crippen LogP contribution < -0.4 is 15.6 Å². The molecule has 0 radical (unpaired) electrons. The van der Waals surface area contributed by atoms with Gasteiger partial charge >= 0.3 is 0 Å². The predicted octanol–water partition coefficient (Wildman–Crippen LogP) is 2.69. The predicted molar refractivity (Wildman–Crippen MR) is 97.1 cm³/mol. The minimum absolute atomic E-state index is 0.0896. The van der Waals surface area contributed by atoms with Crippen LogP contribution in [0.5, 0.6) is 5.75 Å². The van der Waals surface area contributed by atoms with Crippen LogP contribution in [0.4, 0.5) is 0 Å². The molecule has 6 nitrogen and oxygen atoms in total. The number of pyridine rings is 2. The van der Waals surface area contributed by atoms with Crippen molar-refractivity contribution < 1.29 is 9.53 Å². The van der Waals surface area contributed by atoms with E-state index in [4.69, 9.17) is 4.74 Å². The topological polar surface area (TPSA) is 84.1 Å². The number of nitrogens with one attached hydrogen (secondary N) is 2. The van der Waals surface area contributed by atoms with Crippen LogP contribution >= 0.6 is 0 Å². The Labute approximate surface area is 149 Å². The molecule has 130 valence electrons. The van der Waals surface area contributed by atoms with Crippen molar-refractivity contribution in [2.24, 2.45) is 0 Å². The van der Waals surface area contributed by atoms with E-state index in [1.165, 1.54) is 0 Å². The fraction of sp³-hybridized carbons (Fsp3) is 0.150. The molecule has 0 fully saturated rings. The lowest BCUT2D eigenvalue weighted by molar-refractivity contribution is 0.0923. The van der Waals surface area contributed by atoms with E-state index >= 15 is 0 Å². The molecule has 26 heavy (non-hydrogen) atoms. The summed E-state index contributed by atoms with van der Waals surface area (Å²) in [5.41, 5.74) is 2.08. The first kappa shape index (κ1) is 16.1. The maximum Gasteiger partial charge on any atom is 0.261 e. The van der Waals surface area contributed by atoms with E-state index < -0.39 is 11.5 Å². The minimum Gasteiger partial charge on any atom is -0.493 e. The summed E-state index contributed by atoms with van der Waals surface area (Å²) >= 11 is 0. The van der Waals surface area contributed by atoms with Gasteiger partial charge in [-0.05, 0) is 30.3 Å². The van der Waals surface area contributed by atoms with Gasteiger partial charge in [0.1, 0.15) is 11.3 Å². The highest BCUT2D eigenvalue weighted by molar-refractivity contribution is 5.94. The van der Waals surface area contributed by atoms with Crippen LogP contribution in [-0.2, 0) is 0 Å². The number of nitrogens with zero attached hydrogens (tertiary/aromatic N) is 1. The SMILES string of the molecule is O=C(N[C@H]1CCOc2ccccc21)c1ccc(-c2ccncc2)[nH]c1=O. The number of aromatic nitrogens is 2. The third kappa shape index (κ3) is 3.09. The van der Waals surface area contributed by atoms with E-state index in [0.717, 1.165) is 16.9 Å². The Morgan fingerprint density at radius 2 is 1.92 bits per heavy atom. The molecule has 6 heteroatoms. The van der Waals surface area contributed by atoms with E-state index in [1.54, 1.807) is 36.7 Å². The lowest BCUT2D eigenvalue weighted by Gasteiger charge is -2.26. The molecular formula is C20H17N3O3. The molecule has 1 aliphatic rings. The molecule has 0 unspecified atom stereocenters. The van der Waals surface area contributed by atoms with Gasteiger partial charge in [0.05, 0.1) is 12.6 Å². The molecule has 1 aliphatic heterocycles. The van der Waals surface area contributed by atoms with Crippen LogP contribution in [0.15, 0.2) is 65.7 Å². The largest absolute Gasteiger partial charge is 0.493 e. The number of H-pyrrole nitrogens is 1. The van der Waals surface area contributed by atoms with E-state index in [9.17, 15) is 9.59 Å². The van der Waals surface area contributed by atoms with Crippen molar-refractivity contribution in [3.8, 4) is 17.0 Å². The van der Waals surface area contributed by atoms with Gasteiger partial charge in [-0.3, -0.25) is 14.6 Å². The molecule has 1 amide bonds. The molecule has 1 atom stereocenters. The molecule has 0 aliphatic carbocycles. The second-order valence-electron chi connectivity index (χ2n) is 6.05. The standard InChI is InChI=1S/C20H17N3O3/c24-19-15(5-6-16(22-19)13-7-10-21-11-8-13)20(25)23-17-9-12-26-18-4-2-1-3-14(17)18/h1-8,10-11,17H,9,12H2,(H,22,24)(H,23,25)/t17-/m0/s1. The summed E-state index contributed by atoms with van der Waals surface area (Å²) in [5, 5.41) is 2.94. The van der Waals surface area contributed by atoms with Crippen LogP contribution in [0.1, 0.15) is 28.4 Å².